The van der Waals surface area contributed by atoms with E-state index in [9.17, 15) is 12.8 Å². The van der Waals surface area contributed by atoms with E-state index in [2.05, 4.69) is 10.0 Å². The van der Waals surface area contributed by atoms with Gasteiger partial charge in [0, 0.05) is 12.1 Å². The Morgan fingerprint density at radius 3 is 2.57 bits per heavy atom. The molecule has 0 heterocycles. The van der Waals surface area contributed by atoms with Crippen LogP contribution in [-0.4, -0.2) is 15.5 Å². The number of anilines is 1. The van der Waals surface area contributed by atoms with Gasteiger partial charge in [0.2, 0.25) is 10.0 Å². The normalized spacial score (nSPS) is 11.4. The van der Waals surface area contributed by atoms with Crippen molar-refractivity contribution in [1.29, 1.82) is 0 Å². The van der Waals surface area contributed by atoms with E-state index in [-0.39, 0.29) is 16.5 Å². The van der Waals surface area contributed by atoms with Crippen LogP contribution in [0.15, 0.2) is 47.4 Å². The standard InChI is InChI=1S/C14H14ClFN2O2S/c1-17-21(19,20)13-8-3-2-7-12(13)18-9-10-5-4-6-11(15)14(10)16/h2-8,17-18H,9H2,1H3. The van der Waals surface area contributed by atoms with Crippen LogP contribution in [0.2, 0.25) is 5.02 Å². The lowest BCUT2D eigenvalue weighted by molar-refractivity contribution is 0.588. The van der Waals surface area contributed by atoms with E-state index in [1.165, 1.54) is 19.2 Å². The van der Waals surface area contributed by atoms with Gasteiger partial charge in [-0.3, -0.25) is 0 Å². The highest BCUT2D eigenvalue weighted by Gasteiger charge is 2.16. The number of hydrogen-bond acceptors (Lipinski definition) is 3. The van der Waals surface area contributed by atoms with Crippen LogP contribution in [0.1, 0.15) is 5.56 Å². The topological polar surface area (TPSA) is 58.2 Å². The first kappa shape index (κ1) is 15.8. The minimum Gasteiger partial charge on any atom is -0.380 e. The first-order valence-corrected chi connectivity index (χ1v) is 8.01. The van der Waals surface area contributed by atoms with Crippen molar-refractivity contribution in [2.75, 3.05) is 12.4 Å². The van der Waals surface area contributed by atoms with Crippen molar-refractivity contribution in [3.63, 3.8) is 0 Å². The maximum absolute atomic E-state index is 13.8. The Morgan fingerprint density at radius 2 is 1.86 bits per heavy atom. The average Bonchev–Trinajstić information content (AvgIpc) is 2.49. The number of hydrogen-bond donors (Lipinski definition) is 2. The zero-order chi connectivity index (χ0) is 15.5. The van der Waals surface area contributed by atoms with Crippen LogP contribution in [-0.2, 0) is 16.6 Å². The summed E-state index contributed by atoms with van der Waals surface area (Å²) in [4.78, 5) is 0.106. The summed E-state index contributed by atoms with van der Waals surface area (Å²) in [5, 5.41) is 2.95. The molecule has 0 radical (unpaired) electrons. The second kappa shape index (κ2) is 6.43. The molecule has 7 heteroatoms. The van der Waals surface area contributed by atoms with Crippen LogP contribution in [0, 0.1) is 5.82 Å². The predicted octanol–water partition coefficient (Wildman–Crippen LogP) is 3.00. The van der Waals surface area contributed by atoms with Gasteiger partial charge >= 0.3 is 0 Å². The third-order valence-corrected chi connectivity index (χ3v) is 4.71. The molecule has 0 bridgehead atoms. The molecule has 0 aliphatic rings. The third-order valence-electron chi connectivity index (χ3n) is 2.95. The number of benzene rings is 2. The van der Waals surface area contributed by atoms with Crippen LogP contribution in [0.25, 0.3) is 0 Å². The monoisotopic (exact) mass is 328 g/mol. The van der Waals surface area contributed by atoms with Gasteiger partial charge in [-0.25, -0.2) is 17.5 Å². The van der Waals surface area contributed by atoms with E-state index in [4.69, 9.17) is 11.6 Å². The molecule has 112 valence electrons. The Balaban J connectivity index is 2.27. The van der Waals surface area contributed by atoms with Crippen LogP contribution >= 0.6 is 11.6 Å². The molecule has 0 saturated heterocycles. The molecule has 0 aliphatic carbocycles. The molecular formula is C14H14ClFN2O2S. The minimum absolute atomic E-state index is 0.0328. The molecule has 0 unspecified atom stereocenters. The van der Waals surface area contributed by atoms with E-state index in [1.54, 1.807) is 30.3 Å². The summed E-state index contributed by atoms with van der Waals surface area (Å²) in [6.07, 6.45) is 0. The number of nitrogens with one attached hydrogen (secondary N) is 2. The molecule has 4 nitrogen and oxygen atoms in total. The molecule has 0 atom stereocenters. The summed E-state index contributed by atoms with van der Waals surface area (Å²) in [6, 6.07) is 11.1. The van der Waals surface area contributed by atoms with Crippen molar-refractivity contribution >= 4 is 27.3 Å². The van der Waals surface area contributed by atoms with Crippen molar-refractivity contribution in [3.05, 3.63) is 58.9 Å². The van der Waals surface area contributed by atoms with Gasteiger partial charge in [0.15, 0.2) is 0 Å². The van der Waals surface area contributed by atoms with Crippen molar-refractivity contribution in [2.24, 2.45) is 0 Å². The number of rotatable bonds is 5. The molecular weight excluding hydrogens is 315 g/mol. The molecule has 0 aromatic heterocycles. The fourth-order valence-corrected chi connectivity index (χ4v) is 2.93. The van der Waals surface area contributed by atoms with Crippen LogP contribution < -0.4 is 10.0 Å². The highest BCUT2D eigenvalue weighted by atomic mass is 35.5. The Hall–Kier alpha value is -1.63. The molecule has 0 fully saturated rings. The van der Waals surface area contributed by atoms with Crippen molar-refractivity contribution in [1.82, 2.24) is 4.72 Å². The SMILES string of the molecule is CNS(=O)(=O)c1ccccc1NCc1cccc(Cl)c1F. The summed E-state index contributed by atoms with van der Waals surface area (Å²) in [6.45, 7) is 0.128. The summed E-state index contributed by atoms with van der Waals surface area (Å²) in [7, 11) is -2.25. The maximum Gasteiger partial charge on any atom is 0.242 e. The highest BCUT2D eigenvalue weighted by molar-refractivity contribution is 7.89. The molecule has 0 amide bonds. The largest absolute Gasteiger partial charge is 0.380 e. The maximum atomic E-state index is 13.8. The Labute approximate surface area is 128 Å². The first-order valence-electron chi connectivity index (χ1n) is 6.15. The third kappa shape index (κ3) is 3.53. The second-order valence-corrected chi connectivity index (χ2v) is 6.53. The average molecular weight is 329 g/mol. The number of para-hydroxylation sites is 1. The van der Waals surface area contributed by atoms with Gasteiger partial charge in [-0.15, -0.1) is 0 Å². The smallest absolute Gasteiger partial charge is 0.242 e. The summed E-state index contributed by atoms with van der Waals surface area (Å²) < 4.78 is 39.9. The van der Waals surface area contributed by atoms with Crippen LogP contribution in [0.4, 0.5) is 10.1 Å². The van der Waals surface area contributed by atoms with Crippen LogP contribution in [0.5, 0.6) is 0 Å². The lowest BCUT2D eigenvalue weighted by Crippen LogP contribution is -2.20. The molecule has 2 rings (SSSR count). The molecule has 0 saturated carbocycles. The molecule has 21 heavy (non-hydrogen) atoms. The van der Waals surface area contributed by atoms with Gasteiger partial charge in [-0.1, -0.05) is 35.9 Å². The van der Waals surface area contributed by atoms with Gasteiger partial charge < -0.3 is 5.32 Å². The van der Waals surface area contributed by atoms with Crippen molar-refractivity contribution in [3.8, 4) is 0 Å². The minimum atomic E-state index is -3.58. The molecule has 2 N–H and O–H groups in total. The van der Waals surface area contributed by atoms with E-state index in [1.807, 2.05) is 0 Å². The molecule has 2 aromatic carbocycles. The Morgan fingerprint density at radius 1 is 1.14 bits per heavy atom. The number of sulfonamides is 1. The van der Waals surface area contributed by atoms with Crippen molar-refractivity contribution in [2.45, 2.75) is 11.4 Å². The first-order chi connectivity index (χ1) is 9.95. The fourth-order valence-electron chi connectivity index (χ4n) is 1.83. The van der Waals surface area contributed by atoms with E-state index < -0.39 is 15.8 Å². The van der Waals surface area contributed by atoms with E-state index >= 15 is 0 Å². The summed E-state index contributed by atoms with van der Waals surface area (Å²) in [5.74, 6) is -0.513. The number of halogens is 2. The summed E-state index contributed by atoms with van der Waals surface area (Å²) >= 11 is 5.71. The predicted molar refractivity (Wildman–Crippen MR) is 81.4 cm³/mol. The zero-order valence-corrected chi connectivity index (χ0v) is 12.8. The van der Waals surface area contributed by atoms with E-state index in [0.717, 1.165) is 0 Å². The van der Waals surface area contributed by atoms with Gasteiger partial charge in [-0.2, -0.15) is 0 Å². The Kier molecular flexibility index (Phi) is 4.82. The van der Waals surface area contributed by atoms with Gasteiger partial charge in [0.25, 0.3) is 0 Å². The molecule has 0 spiro atoms. The molecule has 2 aromatic rings. The van der Waals surface area contributed by atoms with Gasteiger partial charge in [-0.05, 0) is 25.2 Å². The van der Waals surface area contributed by atoms with Gasteiger partial charge in [0.05, 0.1) is 10.7 Å². The van der Waals surface area contributed by atoms with Crippen molar-refractivity contribution < 1.29 is 12.8 Å². The zero-order valence-electron chi connectivity index (χ0n) is 11.2. The molecule has 0 aliphatic heterocycles. The highest BCUT2D eigenvalue weighted by Crippen LogP contribution is 2.23. The Bertz CT molecular complexity index is 750. The summed E-state index contributed by atoms with van der Waals surface area (Å²) in [5.41, 5.74) is 0.755. The van der Waals surface area contributed by atoms with E-state index in [0.29, 0.717) is 11.3 Å². The van der Waals surface area contributed by atoms with Crippen LogP contribution in [0.3, 0.4) is 0 Å². The van der Waals surface area contributed by atoms with Gasteiger partial charge in [0.1, 0.15) is 10.7 Å². The quantitative estimate of drug-likeness (QED) is 0.887. The lowest BCUT2D eigenvalue weighted by atomic mass is 10.2. The fraction of sp³-hybridized carbons (Fsp3) is 0.143. The second-order valence-electron chi connectivity index (χ2n) is 4.27. The lowest BCUT2D eigenvalue weighted by Gasteiger charge is -2.12.